The van der Waals surface area contributed by atoms with Crippen LogP contribution in [0.2, 0.25) is 0 Å². The highest BCUT2D eigenvalue weighted by molar-refractivity contribution is 7.80. The number of nitrogens with one attached hydrogen (secondary N) is 4. The van der Waals surface area contributed by atoms with Crippen LogP contribution in [0.1, 0.15) is 24.8 Å². The summed E-state index contributed by atoms with van der Waals surface area (Å²) in [7, 11) is 0. The fourth-order valence-electron chi connectivity index (χ4n) is 3.85. The Morgan fingerprint density at radius 3 is 2.48 bits per heavy atom. The summed E-state index contributed by atoms with van der Waals surface area (Å²) in [6.45, 7) is 10.5. The first-order valence-corrected chi connectivity index (χ1v) is 10.9. The molecule has 1 fully saturated rings. The van der Waals surface area contributed by atoms with Crippen LogP contribution in [0.25, 0.3) is 0 Å². The molecule has 1 aromatic carbocycles. The molecule has 0 spiro atoms. The van der Waals surface area contributed by atoms with Crippen molar-refractivity contribution in [2.24, 2.45) is 0 Å². The minimum atomic E-state index is -0.248. The van der Waals surface area contributed by atoms with Gasteiger partial charge in [0.25, 0.3) is 0 Å². The smallest absolute Gasteiger partial charge is 0.171 e. The number of halogens is 1. The van der Waals surface area contributed by atoms with E-state index < -0.39 is 0 Å². The molecule has 4 nitrogen and oxygen atoms in total. The number of piperazine rings is 1. The maximum absolute atomic E-state index is 13.1. The lowest BCUT2D eigenvalue weighted by Crippen LogP contribution is -3.28. The van der Waals surface area contributed by atoms with Gasteiger partial charge in [-0.1, -0.05) is 6.07 Å². The van der Waals surface area contributed by atoms with Gasteiger partial charge in [-0.25, -0.2) is 4.39 Å². The molecule has 0 radical (unpaired) electrons. The van der Waals surface area contributed by atoms with Crippen LogP contribution in [0.15, 0.2) is 41.8 Å². The highest BCUT2D eigenvalue weighted by Crippen LogP contribution is 2.20. The Morgan fingerprint density at radius 1 is 1.19 bits per heavy atom. The molecule has 146 valence electrons. The summed E-state index contributed by atoms with van der Waals surface area (Å²) >= 11 is 7.33. The lowest BCUT2D eigenvalue weighted by atomic mass is 10.1. The standard InChI is InChI=1S/C20H27FN4S2/c1-3-24-10-12-25(13-11-24)19(18-5-4-14-27-18)15(2)22-20(26)23-17-8-6-16(21)7-9-17/h4-9,14-15,19H,3,10-13H2,1-2H3,(H2,22,23,26)/p+2/t15-,19+/m1/s1. The van der Waals surface area contributed by atoms with E-state index in [4.69, 9.17) is 12.2 Å². The largest absolute Gasteiger partial charge is 0.354 e. The van der Waals surface area contributed by atoms with Crippen molar-refractivity contribution in [2.45, 2.75) is 25.9 Å². The fraction of sp³-hybridized carbons (Fsp3) is 0.450. The molecule has 1 aliphatic heterocycles. The fourth-order valence-corrected chi connectivity index (χ4v) is 5.14. The second kappa shape index (κ2) is 9.59. The van der Waals surface area contributed by atoms with Crippen molar-refractivity contribution < 1.29 is 14.2 Å². The van der Waals surface area contributed by atoms with Crippen molar-refractivity contribution in [2.75, 3.05) is 38.0 Å². The maximum atomic E-state index is 13.1. The molecule has 0 unspecified atom stereocenters. The SMILES string of the molecule is CC[NH+]1CC[NH+]([C@H](c2cccs2)[C@@H](C)NC(=S)Nc2ccc(F)cc2)CC1. The molecular weight excluding hydrogens is 379 g/mol. The van der Waals surface area contributed by atoms with E-state index in [0.29, 0.717) is 11.2 Å². The molecule has 2 atom stereocenters. The summed E-state index contributed by atoms with van der Waals surface area (Å²) in [6, 6.07) is 11.2. The summed E-state index contributed by atoms with van der Waals surface area (Å²) in [6.07, 6.45) is 0. The quantitative estimate of drug-likeness (QED) is 0.541. The van der Waals surface area contributed by atoms with Gasteiger partial charge in [-0.05, 0) is 61.8 Å². The van der Waals surface area contributed by atoms with Crippen LogP contribution >= 0.6 is 23.6 Å². The van der Waals surface area contributed by atoms with E-state index in [0.717, 1.165) is 5.69 Å². The molecule has 3 rings (SSSR count). The average Bonchev–Trinajstić information content (AvgIpc) is 3.18. The number of thiophene rings is 1. The van der Waals surface area contributed by atoms with Crippen molar-refractivity contribution >= 4 is 34.4 Å². The summed E-state index contributed by atoms with van der Waals surface area (Å²) in [4.78, 5) is 4.71. The first kappa shape index (κ1) is 20.2. The van der Waals surface area contributed by atoms with Crippen molar-refractivity contribution in [1.29, 1.82) is 0 Å². The van der Waals surface area contributed by atoms with Crippen molar-refractivity contribution in [3.63, 3.8) is 0 Å². The number of anilines is 1. The van der Waals surface area contributed by atoms with Crippen LogP contribution in [0.5, 0.6) is 0 Å². The first-order chi connectivity index (χ1) is 13.1. The lowest BCUT2D eigenvalue weighted by Gasteiger charge is -2.37. The zero-order valence-corrected chi connectivity index (χ0v) is 17.6. The number of hydrogen-bond donors (Lipinski definition) is 4. The molecule has 1 saturated heterocycles. The van der Waals surface area contributed by atoms with Crippen LogP contribution in [0.3, 0.4) is 0 Å². The number of thiocarbonyl (C=S) groups is 1. The van der Waals surface area contributed by atoms with Crippen LogP contribution in [-0.4, -0.2) is 43.9 Å². The zero-order chi connectivity index (χ0) is 19.2. The van der Waals surface area contributed by atoms with Gasteiger partial charge in [0.15, 0.2) is 5.11 Å². The van der Waals surface area contributed by atoms with Gasteiger partial charge in [-0.2, -0.15) is 0 Å². The number of rotatable bonds is 6. The van der Waals surface area contributed by atoms with Crippen LogP contribution in [-0.2, 0) is 0 Å². The van der Waals surface area contributed by atoms with E-state index in [-0.39, 0.29) is 11.9 Å². The van der Waals surface area contributed by atoms with Crippen LogP contribution in [0.4, 0.5) is 10.1 Å². The number of hydrogen-bond acceptors (Lipinski definition) is 2. The van der Waals surface area contributed by atoms with E-state index in [2.05, 4.69) is 42.0 Å². The third-order valence-electron chi connectivity index (χ3n) is 5.35. The number of likely N-dealkylation sites (N-methyl/N-ethyl adjacent to an activating group) is 1. The Hall–Kier alpha value is -1.54. The molecule has 2 heterocycles. The van der Waals surface area contributed by atoms with Gasteiger partial charge >= 0.3 is 0 Å². The first-order valence-electron chi connectivity index (χ1n) is 9.61. The predicted molar refractivity (Wildman–Crippen MR) is 114 cm³/mol. The highest BCUT2D eigenvalue weighted by Gasteiger charge is 2.34. The van der Waals surface area contributed by atoms with E-state index in [9.17, 15) is 4.39 Å². The molecule has 0 aliphatic carbocycles. The molecule has 0 bridgehead atoms. The lowest BCUT2D eigenvalue weighted by molar-refractivity contribution is -1.03. The van der Waals surface area contributed by atoms with Gasteiger partial charge in [0.05, 0.1) is 17.5 Å². The second-order valence-electron chi connectivity index (χ2n) is 7.15. The van der Waals surface area contributed by atoms with Crippen molar-refractivity contribution in [3.05, 3.63) is 52.5 Å². The predicted octanol–water partition coefficient (Wildman–Crippen LogP) is 1.11. The normalized spacial score (nSPS) is 22.0. The van der Waals surface area contributed by atoms with E-state index >= 15 is 0 Å². The summed E-state index contributed by atoms with van der Waals surface area (Å²) < 4.78 is 13.1. The van der Waals surface area contributed by atoms with Gasteiger partial charge in [-0.3, -0.25) is 0 Å². The van der Waals surface area contributed by atoms with Crippen molar-refractivity contribution in [1.82, 2.24) is 5.32 Å². The Balaban J connectivity index is 1.65. The highest BCUT2D eigenvalue weighted by atomic mass is 32.1. The zero-order valence-electron chi connectivity index (χ0n) is 15.9. The minimum Gasteiger partial charge on any atom is -0.354 e. The van der Waals surface area contributed by atoms with Gasteiger partial charge in [0.2, 0.25) is 0 Å². The third-order valence-corrected chi connectivity index (χ3v) is 6.53. The minimum absolute atomic E-state index is 0.197. The van der Waals surface area contributed by atoms with Crippen molar-refractivity contribution in [3.8, 4) is 0 Å². The van der Waals surface area contributed by atoms with Gasteiger partial charge in [0.1, 0.15) is 38.0 Å². The Bertz CT molecular complexity index is 712. The molecule has 0 amide bonds. The average molecular weight is 409 g/mol. The molecule has 7 heteroatoms. The summed E-state index contributed by atoms with van der Waals surface area (Å²) in [5.74, 6) is -0.248. The number of quaternary nitrogens is 2. The Morgan fingerprint density at radius 2 is 1.89 bits per heavy atom. The molecule has 4 N–H and O–H groups in total. The van der Waals surface area contributed by atoms with Crippen LogP contribution < -0.4 is 20.4 Å². The van der Waals surface area contributed by atoms with Crippen LogP contribution in [0, 0.1) is 5.82 Å². The summed E-state index contributed by atoms with van der Waals surface area (Å²) in [5, 5.41) is 9.35. The molecule has 27 heavy (non-hydrogen) atoms. The Labute approximate surface area is 170 Å². The summed E-state index contributed by atoms with van der Waals surface area (Å²) in [5.41, 5.74) is 0.793. The molecule has 2 aromatic rings. The maximum Gasteiger partial charge on any atom is 0.171 e. The van der Waals surface area contributed by atoms with E-state index in [1.807, 2.05) is 11.3 Å². The second-order valence-corrected chi connectivity index (χ2v) is 8.54. The Kier molecular flexibility index (Phi) is 7.18. The van der Waals surface area contributed by atoms with E-state index in [1.54, 1.807) is 21.9 Å². The van der Waals surface area contributed by atoms with E-state index in [1.165, 1.54) is 49.7 Å². The van der Waals surface area contributed by atoms with Gasteiger partial charge < -0.3 is 20.4 Å². The number of benzene rings is 1. The molecule has 1 aliphatic rings. The topological polar surface area (TPSA) is 32.9 Å². The monoisotopic (exact) mass is 408 g/mol. The van der Waals surface area contributed by atoms with Gasteiger partial charge in [0, 0.05) is 5.69 Å². The van der Waals surface area contributed by atoms with Gasteiger partial charge in [-0.15, -0.1) is 11.3 Å². The third kappa shape index (κ3) is 5.48. The molecular formula is C20H29FN4S2+2. The molecule has 0 saturated carbocycles. The molecule has 1 aromatic heterocycles.